The van der Waals surface area contributed by atoms with Crippen LogP contribution in [0.1, 0.15) is 31.5 Å². The number of aromatic amines is 1. The van der Waals surface area contributed by atoms with Crippen molar-refractivity contribution in [3.8, 4) is 0 Å². The molecule has 2 aliphatic heterocycles. The third kappa shape index (κ3) is 2.30. The van der Waals surface area contributed by atoms with E-state index in [1.807, 2.05) is 6.07 Å². The number of fused-ring (bicyclic) bond motifs is 3. The number of nitrogens with one attached hydrogen (secondary N) is 2. The van der Waals surface area contributed by atoms with Crippen LogP contribution in [0.5, 0.6) is 0 Å². The Balaban J connectivity index is 1.54. The smallest absolute Gasteiger partial charge is 0.177 e. The molecule has 2 N–H and O–H groups in total. The van der Waals surface area contributed by atoms with Crippen LogP contribution in [0.4, 0.5) is 0 Å². The first-order valence-corrected chi connectivity index (χ1v) is 7.82. The molecule has 19 heavy (non-hydrogen) atoms. The van der Waals surface area contributed by atoms with E-state index in [1.165, 1.54) is 25.7 Å². The minimum atomic E-state index is 0.750. The average Bonchev–Trinajstić information content (AvgIpc) is 2.92. The predicted octanol–water partition coefficient (Wildman–Crippen LogP) is 2.79. The second-order valence-electron chi connectivity index (χ2n) is 5.89. The average molecular weight is 321 g/mol. The van der Waals surface area contributed by atoms with Crippen LogP contribution in [0.15, 0.2) is 16.7 Å². The molecule has 0 spiro atoms. The molecule has 2 atom stereocenters. The van der Waals surface area contributed by atoms with Crippen LogP contribution >= 0.6 is 15.9 Å². The summed E-state index contributed by atoms with van der Waals surface area (Å²) in [6, 6.07) is 3.55. The summed E-state index contributed by atoms with van der Waals surface area (Å²) in [7, 11) is 0. The molecule has 0 radical (unpaired) electrons. The van der Waals surface area contributed by atoms with E-state index in [0.29, 0.717) is 0 Å². The van der Waals surface area contributed by atoms with Crippen LogP contribution in [0.3, 0.4) is 0 Å². The first kappa shape index (κ1) is 11.9. The molecule has 2 fully saturated rings. The molecule has 2 unspecified atom stereocenters. The highest BCUT2D eigenvalue weighted by Crippen LogP contribution is 2.32. The van der Waals surface area contributed by atoms with Gasteiger partial charge in [0.15, 0.2) is 5.65 Å². The van der Waals surface area contributed by atoms with Crippen molar-refractivity contribution in [3.05, 3.63) is 22.6 Å². The summed E-state index contributed by atoms with van der Waals surface area (Å²) >= 11 is 3.45. The number of nitrogens with zero attached hydrogens (tertiary/aromatic N) is 2. The molecule has 0 amide bonds. The third-order valence-corrected chi connectivity index (χ3v) is 4.84. The van der Waals surface area contributed by atoms with Gasteiger partial charge >= 0.3 is 0 Å². The Morgan fingerprint density at radius 2 is 2.05 bits per heavy atom. The lowest BCUT2D eigenvalue weighted by molar-refractivity contribution is 0.295. The molecular formula is C14H17BrN4. The van der Waals surface area contributed by atoms with Gasteiger partial charge in [-0.2, -0.15) is 0 Å². The number of hydrogen-bond donors (Lipinski definition) is 2. The van der Waals surface area contributed by atoms with Crippen LogP contribution in [0.25, 0.3) is 11.2 Å². The number of piperidine rings is 1. The molecule has 2 aromatic heterocycles. The van der Waals surface area contributed by atoms with E-state index < -0.39 is 0 Å². The maximum atomic E-state index is 4.61. The molecule has 5 heteroatoms. The maximum absolute atomic E-state index is 4.61. The Morgan fingerprint density at radius 1 is 1.26 bits per heavy atom. The van der Waals surface area contributed by atoms with Gasteiger partial charge in [0.2, 0.25) is 0 Å². The number of imidazole rings is 1. The fraction of sp³-hybridized carbons (Fsp3) is 0.571. The standard InChI is InChI=1S/C14H17BrN4/c15-9-6-12-14(16-7-9)19-13(18-12)5-8-3-10-1-2-11(4-8)17-10/h6-8,10-11,17H,1-5H2,(H,16,18,19). The lowest BCUT2D eigenvalue weighted by Crippen LogP contribution is -2.38. The number of hydrogen-bond acceptors (Lipinski definition) is 3. The Labute approximate surface area is 120 Å². The molecule has 0 aromatic carbocycles. The number of rotatable bonds is 2. The molecule has 4 nitrogen and oxygen atoms in total. The predicted molar refractivity (Wildman–Crippen MR) is 78.0 cm³/mol. The molecule has 2 saturated heterocycles. The lowest BCUT2D eigenvalue weighted by Gasteiger charge is -2.28. The van der Waals surface area contributed by atoms with Crippen molar-refractivity contribution in [2.75, 3.05) is 0 Å². The second-order valence-corrected chi connectivity index (χ2v) is 6.80. The van der Waals surface area contributed by atoms with Crippen molar-refractivity contribution in [2.24, 2.45) is 5.92 Å². The van der Waals surface area contributed by atoms with Crippen molar-refractivity contribution >= 4 is 27.1 Å². The number of aromatic nitrogens is 3. The van der Waals surface area contributed by atoms with Gasteiger partial charge in [-0.05, 0) is 53.6 Å². The first-order valence-electron chi connectivity index (χ1n) is 7.02. The van der Waals surface area contributed by atoms with E-state index in [9.17, 15) is 0 Å². The van der Waals surface area contributed by atoms with Gasteiger partial charge < -0.3 is 10.3 Å². The van der Waals surface area contributed by atoms with E-state index in [2.05, 4.69) is 36.2 Å². The Hall–Kier alpha value is -0.940. The molecule has 2 bridgehead atoms. The van der Waals surface area contributed by atoms with Crippen molar-refractivity contribution in [3.63, 3.8) is 0 Å². The van der Waals surface area contributed by atoms with Gasteiger partial charge in [0, 0.05) is 29.2 Å². The van der Waals surface area contributed by atoms with Gasteiger partial charge in [0.25, 0.3) is 0 Å². The normalized spacial score (nSPS) is 30.1. The molecule has 100 valence electrons. The van der Waals surface area contributed by atoms with Gasteiger partial charge in [0.05, 0.1) is 5.52 Å². The van der Waals surface area contributed by atoms with Gasteiger partial charge in [-0.25, -0.2) is 9.97 Å². The second kappa shape index (κ2) is 4.56. The zero-order valence-electron chi connectivity index (χ0n) is 10.7. The van der Waals surface area contributed by atoms with Crippen LogP contribution in [0.2, 0.25) is 0 Å². The maximum Gasteiger partial charge on any atom is 0.177 e. The lowest BCUT2D eigenvalue weighted by atomic mass is 9.89. The summed E-state index contributed by atoms with van der Waals surface area (Å²) in [4.78, 5) is 12.4. The zero-order chi connectivity index (χ0) is 12.8. The summed E-state index contributed by atoms with van der Waals surface area (Å²) in [5.74, 6) is 1.86. The fourth-order valence-corrected chi connectivity index (χ4v) is 3.97. The van der Waals surface area contributed by atoms with Crippen molar-refractivity contribution < 1.29 is 0 Å². The van der Waals surface area contributed by atoms with Crippen LogP contribution in [-0.2, 0) is 6.42 Å². The highest BCUT2D eigenvalue weighted by molar-refractivity contribution is 9.10. The minimum absolute atomic E-state index is 0.750. The highest BCUT2D eigenvalue weighted by Gasteiger charge is 2.33. The molecule has 4 rings (SSSR count). The number of halogens is 1. The van der Waals surface area contributed by atoms with Gasteiger partial charge in [0.1, 0.15) is 5.82 Å². The third-order valence-electron chi connectivity index (χ3n) is 4.41. The zero-order valence-corrected chi connectivity index (χ0v) is 12.3. The van der Waals surface area contributed by atoms with Crippen LogP contribution < -0.4 is 5.32 Å². The largest absolute Gasteiger partial charge is 0.341 e. The number of H-pyrrole nitrogens is 1. The van der Waals surface area contributed by atoms with Crippen molar-refractivity contribution in [1.29, 1.82) is 0 Å². The van der Waals surface area contributed by atoms with E-state index in [0.717, 1.165) is 45.9 Å². The Kier molecular flexibility index (Phi) is 2.84. The highest BCUT2D eigenvalue weighted by atomic mass is 79.9. The van der Waals surface area contributed by atoms with Crippen molar-refractivity contribution in [1.82, 2.24) is 20.3 Å². The van der Waals surface area contributed by atoms with Crippen LogP contribution in [-0.4, -0.2) is 27.0 Å². The monoisotopic (exact) mass is 320 g/mol. The Bertz CT molecular complexity index is 597. The minimum Gasteiger partial charge on any atom is -0.341 e. The number of pyridine rings is 1. The molecule has 0 saturated carbocycles. The Morgan fingerprint density at radius 3 is 2.84 bits per heavy atom. The van der Waals surface area contributed by atoms with Gasteiger partial charge in [-0.3, -0.25) is 0 Å². The van der Waals surface area contributed by atoms with Crippen molar-refractivity contribution in [2.45, 2.75) is 44.2 Å². The summed E-state index contributed by atoms with van der Waals surface area (Å²) in [6.45, 7) is 0. The summed E-state index contributed by atoms with van der Waals surface area (Å²) in [5, 5.41) is 3.69. The first-order chi connectivity index (χ1) is 9.26. The van der Waals surface area contributed by atoms with E-state index in [4.69, 9.17) is 0 Å². The van der Waals surface area contributed by atoms with E-state index in [1.54, 1.807) is 6.20 Å². The molecule has 4 heterocycles. The molecular weight excluding hydrogens is 304 g/mol. The molecule has 2 aromatic rings. The van der Waals surface area contributed by atoms with Gasteiger partial charge in [-0.1, -0.05) is 0 Å². The molecule has 0 aliphatic carbocycles. The van der Waals surface area contributed by atoms with Gasteiger partial charge in [-0.15, -0.1) is 0 Å². The van der Waals surface area contributed by atoms with E-state index >= 15 is 0 Å². The summed E-state index contributed by atoms with van der Waals surface area (Å²) < 4.78 is 0.995. The summed E-state index contributed by atoms with van der Waals surface area (Å²) in [6.07, 6.45) is 8.17. The van der Waals surface area contributed by atoms with Crippen LogP contribution in [0, 0.1) is 5.92 Å². The SMILES string of the molecule is Brc1cnc2nc(CC3CC4CCC(C3)N4)[nH]c2c1. The molecule has 2 aliphatic rings. The quantitative estimate of drug-likeness (QED) is 0.894. The fourth-order valence-electron chi connectivity index (χ4n) is 3.64. The topological polar surface area (TPSA) is 53.6 Å². The summed E-state index contributed by atoms with van der Waals surface area (Å²) in [5.41, 5.74) is 1.86. The van der Waals surface area contributed by atoms with E-state index in [-0.39, 0.29) is 0 Å².